The molecule has 0 spiro atoms. The molecule has 0 unspecified atom stereocenters. The van der Waals surface area contributed by atoms with Gasteiger partial charge in [0.2, 0.25) is 5.91 Å². The number of carbonyl (C=O) groups is 2. The van der Waals surface area contributed by atoms with Crippen LogP contribution in [0.1, 0.15) is 52.2 Å². The van der Waals surface area contributed by atoms with Gasteiger partial charge in [0.05, 0.1) is 39.7 Å². The second-order valence-electron chi connectivity index (χ2n) is 16.2. The van der Waals surface area contributed by atoms with Gasteiger partial charge in [-0.1, -0.05) is 45.5 Å². The Morgan fingerprint density at radius 2 is 1.69 bits per heavy atom. The molecule has 4 atom stereocenters. The number of carbonyl (C=O) groups excluding carboxylic acids is 2. The number of thiazole rings is 1. The largest absolute Gasteiger partial charge is 0.456 e. The molecule has 1 N–H and O–H groups in total. The summed E-state index contributed by atoms with van der Waals surface area (Å²) in [5.74, 6) is -1.21. The van der Waals surface area contributed by atoms with E-state index in [4.69, 9.17) is 14.1 Å². The first-order valence-electron chi connectivity index (χ1n) is 19.9. The van der Waals surface area contributed by atoms with Crippen LogP contribution in [0, 0.1) is 22.0 Å². The van der Waals surface area contributed by atoms with Crippen LogP contribution in [-0.4, -0.2) is 114 Å². The van der Waals surface area contributed by atoms with Gasteiger partial charge in [-0.15, -0.1) is 11.3 Å². The number of nitro benzene ring substituents is 1. The summed E-state index contributed by atoms with van der Waals surface area (Å²) in [5, 5.41) is 20.6. The van der Waals surface area contributed by atoms with Crippen LogP contribution >= 0.6 is 23.1 Å². The third-order valence-electron chi connectivity index (χ3n) is 13.3. The van der Waals surface area contributed by atoms with Crippen LogP contribution in [0.5, 0.6) is 0 Å². The smallest absolute Gasteiger partial charge is 0.356 e. The molecule has 296 valence electrons. The molecule has 2 aromatic carbocycles. The zero-order valence-electron chi connectivity index (χ0n) is 32.7. The van der Waals surface area contributed by atoms with Crippen LogP contribution in [0.15, 0.2) is 57.4 Å². The Bertz CT molecular complexity index is 1940. The Hall–Kier alpha value is -3.18. The number of fused-ring (bicyclic) bond motifs is 5. The first kappa shape index (κ1) is 40.0. The van der Waals surface area contributed by atoms with Gasteiger partial charge in [0.15, 0.2) is 12.7 Å². The maximum atomic E-state index is 14.0. The molecule has 0 saturated carbocycles. The Balaban J connectivity index is 1.12. The fourth-order valence-corrected chi connectivity index (χ4v) is 14.8. The molecular weight excluding hydrogens is 755 g/mol. The van der Waals surface area contributed by atoms with E-state index in [9.17, 15) is 24.8 Å². The lowest BCUT2D eigenvalue weighted by atomic mass is 9.79. The minimum absolute atomic E-state index is 0.0378. The third-order valence-corrected chi connectivity index (χ3v) is 20.4. The second-order valence-corrected chi connectivity index (χ2v) is 23.2. The van der Waals surface area contributed by atoms with E-state index in [0.29, 0.717) is 5.56 Å². The molecular formula is C40H55N5O7S2Si+2. The van der Waals surface area contributed by atoms with E-state index in [-0.39, 0.29) is 54.5 Å². The van der Waals surface area contributed by atoms with Crippen LogP contribution in [0.25, 0.3) is 10.2 Å². The average Bonchev–Trinajstić information content (AvgIpc) is 3.71. The average molecular weight is 810 g/mol. The zero-order valence-corrected chi connectivity index (χ0v) is 35.3. The van der Waals surface area contributed by atoms with Crippen molar-refractivity contribution < 1.29 is 37.7 Å². The lowest BCUT2D eigenvalue weighted by Crippen LogP contribution is -2.74. The van der Waals surface area contributed by atoms with Crippen LogP contribution in [0.4, 0.5) is 5.69 Å². The number of ether oxygens (including phenoxy) is 1. The first-order chi connectivity index (χ1) is 26.4. The summed E-state index contributed by atoms with van der Waals surface area (Å²) >= 11 is 3.05. The van der Waals surface area contributed by atoms with Crippen molar-refractivity contribution in [2.24, 2.45) is 11.8 Å². The monoisotopic (exact) mass is 809 g/mol. The van der Waals surface area contributed by atoms with Crippen molar-refractivity contribution in [3.63, 3.8) is 0 Å². The lowest BCUT2D eigenvalue weighted by molar-refractivity contribution is -1.09. The molecule has 15 heteroatoms. The molecule has 4 saturated heterocycles. The van der Waals surface area contributed by atoms with Gasteiger partial charge in [0.25, 0.3) is 5.69 Å². The van der Waals surface area contributed by atoms with Crippen LogP contribution < -0.4 is 0 Å². The fraction of sp³-hybridized carbons (Fsp3) is 0.575. The number of benzene rings is 2. The van der Waals surface area contributed by atoms with Gasteiger partial charge >= 0.3 is 5.97 Å². The summed E-state index contributed by atoms with van der Waals surface area (Å²) < 4.78 is 16.8. The number of piperazine rings is 3. The van der Waals surface area contributed by atoms with Gasteiger partial charge < -0.3 is 28.1 Å². The van der Waals surface area contributed by atoms with Crippen LogP contribution in [0.3, 0.4) is 0 Å². The fourth-order valence-electron chi connectivity index (χ4n) is 9.53. The van der Waals surface area contributed by atoms with E-state index >= 15 is 0 Å². The number of aromatic nitrogens is 1. The Morgan fingerprint density at radius 1 is 1.05 bits per heavy atom. The SMILES string of the molecule is CC[Si](CC)(CC)O[C@H](C)[C@H]1C(=O)N2C(C(=O)OCc3ccc([N+](=O)[O-])cc3)=C(Sc3nc4cc(C[N+]56CC[N+](CCCO)(CC5)CC6)ccc4s3)[C@H](C)[C@H]12. The number of aliphatic hydroxyl groups is 1. The molecule has 2 bridgehead atoms. The highest BCUT2D eigenvalue weighted by atomic mass is 32.2. The van der Waals surface area contributed by atoms with Gasteiger partial charge in [-0.25, -0.2) is 9.78 Å². The number of hydrogen-bond acceptors (Lipinski definition) is 10. The molecule has 0 radical (unpaired) electrons. The molecule has 1 amide bonds. The number of amides is 1. The van der Waals surface area contributed by atoms with E-state index in [1.54, 1.807) is 28.4 Å². The van der Waals surface area contributed by atoms with E-state index < -0.39 is 19.2 Å². The molecule has 4 fully saturated rings. The number of β-lactam (4-membered cyclic amide) rings is 1. The van der Waals surface area contributed by atoms with E-state index in [0.717, 1.165) is 85.7 Å². The highest BCUT2D eigenvalue weighted by Crippen LogP contribution is 2.53. The molecule has 6 heterocycles. The summed E-state index contributed by atoms with van der Waals surface area (Å²) in [4.78, 5) is 46.2. The van der Waals surface area contributed by atoms with E-state index in [1.165, 1.54) is 49.1 Å². The Kier molecular flexibility index (Phi) is 11.6. The number of thioether (sulfide) groups is 1. The van der Waals surface area contributed by atoms with Gasteiger partial charge in [-0.05, 0) is 54.9 Å². The number of hydrogen-bond donors (Lipinski definition) is 1. The molecule has 8 rings (SSSR count). The maximum Gasteiger partial charge on any atom is 0.356 e. The molecule has 5 aliphatic rings. The van der Waals surface area contributed by atoms with Crippen LogP contribution in [0.2, 0.25) is 18.1 Å². The van der Waals surface area contributed by atoms with Crippen molar-refractivity contribution in [3.05, 3.63) is 74.3 Å². The summed E-state index contributed by atoms with van der Waals surface area (Å²) in [5.41, 5.74) is 3.07. The summed E-state index contributed by atoms with van der Waals surface area (Å²) in [6.45, 7) is 19.9. The molecule has 55 heavy (non-hydrogen) atoms. The predicted octanol–water partition coefficient (Wildman–Crippen LogP) is 6.68. The van der Waals surface area contributed by atoms with Crippen molar-refractivity contribution in [2.75, 3.05) is 52.4 Å². The molecule has 12 nitrogen and oxygen atoms in total. The van der Waals surface area contributed by atoms with Gasteiger partial charge in [0.1, 0.15) is 58.1 Å². The number of quaternary nitrogens is 2. The number of non-ortho nitro benzene ring substituents is 1. The minimum Gasteiger partial charge on any atom is -0.456 e. The second kappa shape index (κ2) is 16.0. The summed E-state index contributed by atoms with van der Waals surface area (Å²) in [6, 6.07) is 15.3. The van der Waals surface area contributed by atoms with Crippen molar-refractivity contribution >= 4 is 59.2 Å². The lowest BCUT2D eigenvalue weighted by Gasteiger charge is -2.55. The minimum atomic E-state index is -1.99. The highest BCUT2D eigenvalue weighted by Gasteiger charge is 2.61. The van der Waals surface area contributed by atoms with Crippen molar-refractivity contribution in [3.8, 4) is 0 Å². The highest BCUT2D eigenvalue weighted by molar-refractivity contribution is 8.04. The van der Waals surface area contributed by atoms with Gasteiger partial charge in [-0.2, -0.15) is 0 Å². The quantitative estimate of drug-likeness (QED) is 0.0396. The van der Waals surface area contributed by atoms with Crippen molar-refractivity contribution in [1.82, 2.24) is 9.88 Å². The third kappa shape index (κ3) is 7.65. The number of nitrogens with zero attached hydrogens (tertiary/aromatic N) is 5. The predicted molar refractivity (Wildman–Crippen MR) is 216 cm³/mol. The van der Waals surface area contributed by atoms with Crippen molar-refractivity contribution in [2.45, 2.75) is 88.8 Å². The number of nitro groups is 1. The topological polar surface area (TPSA) is 132 Å². The first-order valence-corrected chi connectivity index (χ1v) is 24.1. The molecule has 3 aromatic rings. The number of esters is 1. The molecule has 5 aliphatic heterocycles. The van der Waals surface area contributed by atoms with Crippen LogP contribution in [-0.2, 0) is 31.9 Å². The molecule has 1 aromatic heterocycles. The van der Waals surface area contributed by atoms with E-state index in [1.807, 2.05) is 6.92 Å². The normalized spacial score (nSPS) is 26.7. The number of aliphatic hydroxyl groups excluding tert-OH is 1. The standard InChI is InChI=1S/C40H55N5O7S2Si/c1-6-55(7-2,8-3)52-28(5)34-35-27(4)37(36(42(35)38(34)47)39(48)51-26-29-10-13-31(14-11-29)43(49)50)54-40-41-32-24-30(12-15-33(32)53-40)25-45-20-17-44(18-21-45,19-22-45)16-9-23-46/h10-15,24,27-28,34-35,46H,6-9,16-23,25-26H2,1-5H3/q+2/t27-,28-,34-,35-,44?,45?/m1/s1. The van der Waals surface area contributed by atoms with Gasteiger partial charge in [-0.3, -0.25) is 14.9 Å². The molecule has 0 aliphatic carbocycles. The Morgan fingerprint density at radius 3 is 2.31 bits per heavy atom. The van der Waals surface area contributed by atoms with Crippen molar-refractivity contribution in [1.29, 1.82) is 0 Å². The maximum absolute atomic E-state index is 14.0. The number of rotatable bonds is 17. The zero-order chi connectivity index (χ0) is 39.1. The Labute approximate surface area is 332 Å². The summed E-state index contributed by atoms with van der Waals surface area (Å²) in [6.07, 6.45) is 0.607. The van der Waals surface area contributed by atoms with E-state index in [2.05, 4.69) is 45.9 Å². The summed E-state index contributed by atoms with van der Waals surface area (Å²) in [7, 11) is -1.99. The van der Waals surface area contributed by atoms with Gasteiger partial charge in [0, 0.05) is 41.5 Å².